The molecule has 0 aliphatic carbocycles. The van der Waals surface area contributed by atoms with Crippen LogP contribution in [0.5, 0.6) is 0 Å². The van der Waals surface area contributed by atoms with Gasteiger partial charge >= 0.3 is 0 Å². The summed E-state index contributed by atoms with van der Waals surface area (Å²) >= 11 is 0. The average Bonchev–Trinajstić information content (AvgIpc) is 4.26. The van der Waals surface area contributed by atoms with Gasteiger partial charge in [-0.1, -0.05) is 133 Å². The fourth-order valence-electron chi connectivity index (χ4n) is 11.9. The van der Waals surface area contributed by atoms with Gasteiger partial charge in [0, 0.05) is 60.5 Å². The lowest BCUT2D eigenvalue weighted by molar-refractivity contribution is 1.16. The zero-order chi connectivity index (χ0) is 54.1. The van der Waals surface area contributed by atoms with Crippen molar-refractivity contribution in [2.24, 2.45) is 0 Å². The minimum absolute atomic E-state index is 0.485. The number of hydrogen-bond acceptors (Lipinski definition) is 4. The van der Waals surface area contributed by atoms with E-state index in [4.69, 9.17) is 16.5 Å². The number of fused-ring (bicyclic) bond motifs is 9. The molecule has 0 aliphatic heterocycles. The van der Waals surface area contributed by atoms with Crippen molar-refractivity contribution in [3.8, 4) is 85.4 Å². The van der Waals surface area contributed by atoms with Crippen LogP contribution in [0.25, 0.3) is 143 Å². The van der Waals surface area contributed by atoms with E-state index in [0.29, 0.717) is 34.0 Å². The first-order valence-electron chi connectivity index (χ1n) is 26.7. The molecule has 0 amide bonds. The summed E-state index contributed by atoms with van der Waals surface area (Å²) in [7, 11) is 0. The van der Waals surface area contributed by atoms with Gasteiger partial charge in [-0.15, -0.1) is 0 Å². The molecule has 81 heavy (non-hydrogen) atoms. The topological polar surface area (TPSA) is 92.5 Å². The molecule has 15 rings (SSSR count). The molecule has 0 saturated carbocycles. The Morgan fingerprint density at radius 2 is 0.691 bits per heavy atom. The third-order valence-electron chi connectivity index (χ3n) is 15.8. The van der Waals surface area contributed by atoms with Crippen molar-refractivity contribution in [3.63, 3.8) is 0 Å². The van der Waals surface area contributed by atoms with Crippen molar-refractivity contribution in [2.45, 2.75) is 0 Å². The van der Waals surface area contributed by atoms with Crippen LogP contribution in [0.1, 0.15) is 11.1 Å². The Morgan fingerprint density at radius 1 is 0.321 bits per heavy atom. The minimum atomic E-state index is 0.485. The van der Waals surface area contributed by atoms with Crippen LogP contribution in [0.3, 0.4) is 0 Å². The average molecular weight is 1030 g/mol. The molecule has 0 atom stereocenters. The second-order valence-electron chi connectivity index (χ2n) is 20.3. The van der Waals surface area contributed by atoms with Crippen LogP contribution in [0.15, 0.2) is 255 Å². The Kier molecular flexibility index (Phi) is 10.8. The van der Waals surface area contributed by atoms with Gasteiger partial charge in [0.25, 0.3) is 0 Å². The summed E-state index contributed by atoms with van der Waals surface area (Å²) in [6.45, 7) is 8.32. The molecule has 4 aromatic heterocycles. The molecule has 4 heterocycles. The summed E-state index contributed by atoms with van der Waals surface area (Å²) in [6, 6.07) is 92.3. The molecular formula is C73H42N8. The lowest BCUT2D eigenvalue weighted by Crippen LogP contribution is -1.96. The number of benzene rings is 11. The normalized spacial score (nSPS) is 11.4. The molecule has 0 bridgehead atoms. The van der Waals surface area contributed by atoms with Crippen LogP contribution in [-0.2, 0) is 0 Å². The Labute approximate surface area is 465 Å². The Bertz CT molecular complexity index is 4820. The second kappa shape index (κ2) is 18.8. The van der Waals surface area contributed by atoms with E-state index in [2.05, 4.69) is 213 Å². The third-order valence-corrected chi connectivity index (χ3v) is 15.8. The molecule has 374 valence electrons. The molecule has 8 nitrogen and oxygen atoms in total. The molecular weight excluding hydrogens is 989 g/mol. The monoisotopic (exact) mass is 1030 g/mol. The van der Waals surface area contributed by atoms with E-state index in [0.717, 1.165) is 77.8 Å². The number of para-hydroxylation sites is 4. The predicted octanol–water partition coefficient (Wildman–Crippen LogP) is 18.4. The van der Waals surface area contributed by atoms with E-state index >= 15 is 0 Å². The van der Waals surface area contributed by atoms with Gasteiger partial charge in [0.05, 0.1) is 74.3 Å². The first kappa shape index (κ1) is 46.7. The van der Waals surface area contributed by atoms with Crippen molar-refractivity contribution in [2.75, 3.05) is 0 Å². The highest BCUT2D eigenvalue weighted by Crippen LogP contribution is 2.41. The fraction of sp³-hybridized carbons (Fsp3) is 0. The number of aromatic nitrogens is 5. The highest BCUT2D eigenvalue weighted by atomic mass is 15.0. The maximum absolute atomic E-state index is 9.44. The molecule has 0 N–H and O–H groups in total. The molecule has 0 aliphatic rings. The summed E-state index contributed by atoms with van der Waals surface area (Å²) in [5.41, 5.74) is 19.3. The van der Waals surface area contributed by atoms with Crippen LogP contribution in [-0.4, -0.2) is 23.7 Å². The van der Waals surface area contributed by atoms with Crippen LogP contribution >= 0.6 is 0 Å². The van der Waals surface area contributed by atoms with E-state index < -0.39 is 0 Å². The lowest BCUT2D eigenvalue weighted by Gasteiger charge is -2.12. The van der Waals surface area contributed by atoms with Crippen LogP contribution in [0, 0.1) is 29.2 Å². The van der Waals surface area contributed by atoms with Gasteiger partial charge in [0.2, 0.25) is 0 Å². The Morgan fingerprint density at radius 3 is 1.16 bits per heavy atom. The second-order valence-corrected chi connectivity index (χ2v) is 20.3. The molecule has 8 heteroatoms. The van der Waals surface area contributed by atoms with Gasteiger partial charge in [0.1, 0.15) is 0 Å². The largest absolute Gasteiger partial charge is 0.309 e. The SMILES string of the molecule is [C-]#[N+]c1cc(-c2cc(-c3ccc(C#N)cc3)nc(-c3ccc(C#N)cc3)n2)ccc1-c1ccc(-c2ccc(-n3c4ccc(-n5c6ccccc6c6ccccc65)cc4c4cc(-n5c6ccccc6c6ccccc65)ccc43)cc2)cc1. The number of rotatable bonds is 8. The first-order valence-corrected chi connectivity index (χ1v) is 26.7. The highest BCUT2D eigenvalue weighted by Gasteiger charge is 2.20. The number of hydrogen-bond donors (Lipinski definition) is 0. The molecule has 0 spiro atoms. The summed E-state index contributed by atoms with van der Waals surface area (Å²) in [6.07, 6.45) is 0. The van der Waals surface area contributed by atoms with Crippen molar-refractivity contribution in [1.29, 1.82) is 10.5 Å². The maximum Gasteiger partial charge on any atom is 0.195 e. The van der Waals surface area contributed by atoms with Gasteiger partial charge in [-0.05, 0) is 149 Å². The summed E-state index contributed by atoms with van der Waals surface area (Å²) in [4.78, 5) is 13.9. The summed E-state index contributed by atoms with van der Waals surface area (Å²) in [5.74, 6) is 0.485. The summed E-state index contributed by atoms with van der Waals surface area (Å²) < 4.78 is 7.18. The summed E-state index contributed by atoms with van der Waals surface area (Å²) in [5, 5.41) is 26.1. The van der Waals surface area contributed by atoms with Gasteiger partial charge in [-0.2, -0.15) is 10.5 Å². The molecule has 0 fully saturated rings. The van der Waals surface area contributed by atoms with Gasteiger partial charge in [0.15, 0.2) is 11.5 Å². The molecule has 0 radical (unpaired) electrons. The standard InChI is InChI=1S/C73H42N8/c1-76-66-40-53(65-43-64(51-22-18-46(44-74)19-23-51)77-73(78-65)52-24-20-47(45-75)21-25-52)32-37-57(66)50-28-26-48(27-29-50)49-30-33-54(34-31-49)79-71-38-35-55(80-67-14-6-2-10-58(67)59-11-3-7-15-68(59)80)41-62(71)63-42-56(36-39-72(63)79)81-69-16-8-4-12-60(69)61-13-5-9-17-70(61)81/h2-43H. The van der Waals surface area contributed by atoms with Gasteiger partial charge < -0.3 is 13.7 Å². The zero-order valence-corrected chi connectivity index (χ0v) is 43.3. The lowest BCUT2D eigenvalue weighted by atomic mass is 9.97. The molecule has 15 aromatic rings. The highest BCUT2D eigenvalue weighted by molar-refractivity contribution is 6.14. The Hall–Kier alpha value is -11.6. The smallest absolute Gasteiger partial charge is 0.195 e. The zero-order valence-electron chi connectivity index (χ0n) is 43.3. The van der Waals surface area contributed by atoms with Crippen molar-refractivity contribution in [1.82, 2.24) is 23.7 Å². The first-order chi connectivity index (χ1) is 40.0. The molecule has 0 unspecified atom stereocenters. The van der Waals surface area contributed by atoms with Gasteiger partial charge in [-0.25, -0.2) is 14.8 Å². The quantitative estimate of drug-likeness (QED) is 0.142. The molecule has 11 aromatic carbocycles. The van der Waals surface area contributed by atoms with Crippen molar-refractivity contribution >= 4 is 71.1 Å². The predicted molar refractivity (Wildman–Crippen MR) is 328 cm³/mol. The van der Waals surface area contributed by atoms with Crippen molar-refractivity contribution in [3.05, 3.63) is 277 Å². The maximum atomic E-state index is 9.44. The fourth-order valence-corrected chi connectivity index (χ4v) is 11.9. The Balaban J connectivity index is 0.791. The third kappa shape index (κ3) is 7.73. The van der Waals surface area contributed by atoms with E-state index in [1.54, 1.807) is 24.3 Å². The van der Waals surface area contributed by atoms with Gasteiger partial charge in [-0.3, -0.25) is 0 Å². The molecule has 0 saturated heterocycles. The number of nitriles is 2. The van der Waals surface area contributed by atoms with E-state index in [1.807, 2.05) is 48.5 Å². The van der Waals surface area contributed by atoms with Crippen LogP contribution in [0.2, 0.25) is 0 Å². The van der Waals surface area contributed by atoms with E-state index in [1.165, 1.54) is 43.6 Å². The van der Waals surface area contributed by atoms with E-state index in [9.17, 15) is 10.5 Å². The van der Waals surface area contributed by atoms with Crippen molar-refractivity contribution < 1.29 is 0 Å². The van der Waals surface area contributed by atoms with E-state index in [-0.39, 0.29) is 0 Å². The van der Waals surface area contributed by atoms with Crippen LogP contribution < -0.4 is 0 Å². The van der Waals surface area contributed by atoms with Crippen LogP contribution in [0.4, 0.5) is 5.69 Å². The number of nitrogens with zero attached hydrogens (tertiary/aromatic N) is 8. The minimum Gasteiger partial charge on any atom is -0.309 e.